The molecule has 1 aromatic rings. The van der Waals surface area contributed by atoms with Crippen molar-refractivity contribution in [1.82, 2.24) is 10.0 Å². The van der Waals surface area contributed by atoms with Crippen molar-refractivity contribution in [2.45, 2.75) is 52.0 Å². The second kappa shape index (κ2) is 7.46. The van der Waals surface area contributed by atoms with E-state index in [-0.39, 0.29) is 0 Å². The fourth-order valence-electron chi connectivity index (χ4n) is 4.09. The zero-order valence-electron chi connectivity index (χ0n) is 15.0. The quantitative estimate of drug-likeness (QED) is 0.470. The normalized spacial score (nSPS) is 21.1. The zero-order chi connectivity index (χ0) is 17.6. The van der Waals surface area contributed by atoms with Crippen molar-refractivity contribution in [2.75, 3.05) is 12.4 Å². The third-order valence-corrected chi connectivity index (χ3v) is 7.39. The van der Waals surface area contributed by atoms with Gasteiger partial charge in [-0.25, -0.2) is 5.01 Å². The average Bonchev–Trinajstić information content (AvgIpc) is 3.48. The highest BCUT2D eigenvalue weighted by atomic mass is 79.9. The van der Waals surface area contributed by atoms with E-state index < -0.39 is 0 Å². The first-order valence-electron chi connectivity index (χ1n) is 9.43. The summed E-state index contributed by atoms with van der Waals surface area (Å²) in [5.41, 5.74) is 2.63. The molecule has 1 aliphatic heterocycles. The van der Waals surface area contributed by atoms with Gasteiger partial charge in [-0.05, 0) is 63.0 Å². The Bertz CT molecular complexity index is 672. The van der Waals surface area contributed by atoms with Crippen LogP contribution in [0.5, 0.6) is 0 Å². The van der Waals surface area contributed by atoms with E-state index in [0.717, 1.165) is 39.8 Å². The molecule has 0 unspecified atom stereocenters. The lowest BCUT2D eigenvalue weighted by Gasteiger charge is -2.41. The van der Waals surface area contributed by atoms with E-state index in [1.165, 1.54) is 48.3 Å². The Morgan fingerprint density at radius 2 is 1.96 bits per heavy atom. The number of nitrogens with zero attached hydrogens (tertiary/aromatic N) is 2. The van der Waals surface area contributed by atoms with Crippen LogP contribution in [0.15, 0.2) is 27.6 Å². The van der Waals surface area contributed by atoms with E-state index in [9.17, 15) is 0 Å². The summed E-state index contributed by atoms with van der Waals surface area (Å²) >= 11 is 11.9. The van der Waals surface area contributed by atoms with Crippen molar-refractivity contribution in [3.63, 3.8) is 0 Å². The molecule has 0 aromatic heterocycles. The van der Waals surface area contributed by atoms with Gasteiger partial charge in [-0.1, -0.05) is 40.5 Å². The second-order valence-electron chi connectivity index (χ2n) is 7.53. The van der Waals surface area contributed by atoms with Crippen LogP contribution in [-0.4, -0.2) is 28.5 Å². The SMILES string of the molecule is CCCN(C(C1CC1)C1CC1)N1CSC(C)=C1c1ccc(Cl)cc1Br. The largest absolute Gasteiger partial charge is 0.294 e. The highest BCUT2D eigenvalue weighted by molar-refractivity contribution is 9.10. The number of hydrazine groups is 1. The van der Waals surface area contributed by atoms with Gasteiger partial charge in [0.1, 0.15) is 0 Å². The summed E-state index contributed by atoms with van der Waals surface area (Å²) < 4.78 is 1.09. The third-order valence-electron chi connectivity index (χ3n) is 5.50. The lowest BCUT2D eigenvalue weighted by atomic mass is 10.1. The van der Waals surface area contributed by atoms with Gasteiger partial charge in [0, 0.05) is 32.6 Å². The van der Waals surface area contributed by atoms with E-state index >= 15 is 0 Å². The van der Waals surface area contributed by atoms with Crippen molar-refractivity contribution in [1.29, 1.82) is 0 Å². The molecule has 0 atom stereocenters. The summed E-state index contributed by atoms with van der Waals surface area (Å²) in [5, 5.41) is 6.10. The molecule has 2 saturated carbocycles. The molecule has 0 bridgehead atoms. The molecule has 0 N–H and O–H groups in total. The number of thioether (sulfide) groups is 1. The van der Waals surface area contributed by atoms with Gasteiger partial charge in [0.25, 0.3) is 0 Å². The molecule has 136 valence electrons. The monoisotopic (exact) mass is 440 g/mol. The molecule has 1 aromatic carbocycles. The summed E-state index contributed by atoms with van der Waals surface area (Å²) in [6.07, 6.45) is 6.89. The Kier molecular flexibility index (Phi) is 5.43. The van der Waals surface area contributed by atoms with Gasteiger partial charge in [0.15, 0.2) is 0 Å². The maximum Gasteiger partial charge on any atom is 0.0846 e. The molecule has 25 heavy (non-hydrogen) atoms. The Labute approximate surface area is 169 Å². The maximum absolute atomic E-state index is 6.18. The molecule has 0 spiro atoms. The molecule has 0 saturated heterocycles. The molecule has 0 amide bonds. The number of rotatable bonds is 7. The third kappa shape index (κ3) is 3.78. The van der Waals surface area contributed by atoms with Gasteiger partial charge >= 0.3 is 0 Å². The van der Waals surface area contributed by atoms with Gasteiger partial charge in [-0.15, -0.1) is 11.8 Å². The molecule has 3 aliphatic rings. The average molecular weight is 442 g/mol. The van der Waals surface area contributed by atoms with E-state index in [2.05, 4.69) is 45.9 Å². The van der Waals surface area contributed by atoms with Crippen LogP contribution in [0.25, 0.3) is 5.70 Å². The molecular formula is C20H26BrClN2S. The smallest absolute Gasteiger partial charge is 0.0846 e. The molecule has 2 aliphatic carbocycles. The number of hydrogen-bond donors (Lipinski definition) is 0. The summed E-state index contributed by atoms with van der Waals surface area (Å²) in [6.45, 7) is 5.72. The van der Waals surface area contributed by atoms with Crippen LogP contribution < -0.4 is 0 Å². The van der Waals surface area contributed by atoms with E-state index in [1.54, 1.807) is 0 Å². The Balaban J connectivity index is 1.68. The van der Waals surface area contributed by atoms with Crippen LogP contribution >= 0.6 is 39.3 Å². The molecule has 2 fully saturated rings. The van der Waals surface area contributed by atoms with Crippen molar-refractivity contribution >= 4 is 45.0 Å². The van der Waals surface area contributed by atoms with Gasteiger partial charge in [0.2, 0.25) is 0 Å². The number of hydrogen-bond acceptors (Lipinski definition) is 3. The van der Waals surface area contributed by atoms with Crippen LogP contribution in [0.1, 0.15) is 51.5 Å². The van der Waals surface area contributed by atoms with Crippen molar-refractivity contribution in [2.24, 2.45) is 11.8 Å². The fraction of sp³-hybridized carbons (Fsp3) is 0.600. The first-order chi connectivity index (χ1) is 12.1. The summed E-state index contributed by atoms with van der Waals surface area (Å²) in [4.78, 5) is 1.41. The van der Waals surface area contributed by atoms with Crippen LogP contribution in [0.2, 0.25) is 5.02 Å². The van der Waals surface area contributed by atoms with Gasteiger partial charge < -0.3 is 0 Å². The van der Waals surface area contributed by atoms with Crippen molar-refractivity contribution in [3.8, 4) is 0 Å². The Morgan fingerprint density at radius 1 is 1.28 bits per heavy atom. The van der Waals surface area contributed by atoms with Crippen molar-refractivity contribution in [3.05, 3.63) is 38.2 Å². The van der Waals surface area contributed by atoms with Crippen LogP contribution in [-0.2, 0) is 0 Å². The zero-order valence-corrected chi connectivity index (χ0v) is 18.1. The highest BCUT2D eigenvalue weighted by Crippen LogP contribution is 2.50. The van der Waals surface area contributed by atoms with Crippen molar-refractivity contribution < 1.29 is 0 Å². The first kappa shape index (κ1) is 18.2. The van der Waals surface area contributed by atoms with Gasteiger partial charge in [-0.2, -0.15) is 0 Å². The van der Waals surface area contributed by atoms with Crippen LogP contribution in [0.4, 0.5) is 0 Å². The minimum atomic E-state index is 0.743. The topological polar surface area (TPSA) is 6.48 Å². The first-order valence-corrected chi connectivity index (χ1v) is 11.6. The molecule has 1 heterocycles. The van der Waals surface area contributed by atoms with Gasteiger partial charge in [-0.3, -0.25) is 5.01 Å². The summed E-state index contributed by atoms with van der Waals surface area (Å²) in [6, 6.07) is 6.93. The standard InChI is InChI=1S/C20H26BrClN2S/c1-3-10-23(20(14-4-5-14)15-6-7-15)24-12-25-13(2)19(24)17-9-8-16(22)11-18(17)21/h8-9,11,14-15,20H,3-7,10,12H2,1-2H3. The lowest BCUT2D eigenvalue weighted by Crippen LogP contribution is -2.49. The molecule has 0 radical (unpaired) electrons. The van der Waals surface area contributed by atoms with E-state index in [4.69, 9.17) is 11.6 Å². The van der Waals surface area contributed by atoms with Crippen LogP contribution in [0, 0.1) is 11.8 Å². The predicted octanol–water partition coefficient (Wildman–Crippen LogP) is 6.61. The van der Waals surface area contributed by atoms with E-state index in [0.29, 0.717) is 0 Å². The van der Waals surface area contributed by atoms with E-state index in [1.807, 2.05) is 23.9 Å². The fourth-order valence-corrected chi connectivity index (χ4v) is 5.91. The lowest BCUT2D eigenvalue weighted by molar-refractivity contribution is -0.0125. The second-order valence-corrected chi connectivity index (χ2v) is 9.98. The molecule has 2 nitrogen and oxygen atoms in total. The predicted molar refractivity (Wildman–Crippen MR) is 112 cm³/mol. The molecular weight excluding hydrogens is 416 g/mol. The van der Waals surface area contributed by atoms with Gasteiger partial charge in [0.05, 0.1) is 11.6 Å². The summed E-state index contributed by atoms with van der Waals surface area (Å²) in [7, 11) is 0. The summed E-state index contributed by atoms with van der Waals surface area (Å²) in [5.74, 6) is 2.87. The Morgan fingerprint density at radius 3 is 2.52 bits per heavy atom. The number of benzene rings is 1. The number of allylic oxidation sites excluding steroid dienone is 1. The maximum atomic E-state index is 6.18. The molecule has 4 rings (SSSR count). The molecule has 5 heteroatoms. The van der Waals surface area contributed by atoms with Crippen LogP contribution in [0.3, 0.4) is 0 Å². The minimum absolute atomic E-state index is 0.743. The highest BCUT2D eigenvalue weighted by Gasteiger charge is 2.47. The minimum Gasteiger partial charge on any atom is -0.294 e. The Hall–Kier alpha value is -0.160. The number of halogens is 2.